The molecule has 4 heavy (non-hydrogen) atoms. The van der Waals surface area contributed by atoms with Crippen molar-refractivity contribution in [1.29, 1.82) is 0 Å². The number of hydrogen-bond donors (Lipinski definition) is 0. The van der Waals surface area contributed by atoms with E-state index in [-0.39, 0.29) is 35.4 Å². The molecule has 0 aliphatic rings. The Morgan fingerprint density at radius 3 is 0.750 bits per heavy atom. The molecule has 0 fully saturated rings. The minimum Gasteiger partial charge on any atom is -2.00 e. The van der Waals surface area contributed by atoms with E-state index in [1.165, 1.54) is 0 Å². The molecule has 0 atom stereocenters. The van der Waals surface area contributed by atoms with E-state index in [9.17, 15) is 0 Å². The van der Waals surface area contributed by atoms with Gasteiger partial charge in [-0.25, -0.2) is 0 Å². The maximum Gasteiger partial charge on any atom is 4.00 e. The molecule has 0 aromatic rings. The zero-order chi connectivity index (χ0) is 0. The predicted octanol–water partition coefficient (Wildman–Crippen LogP) is 0.396. The Balaban J connectivity index is 0. The summed E-state index contributed by atoms with van der Waals surface area (Å²) in [5, 5.41) is 0. The van der Waals surface area contributed by atoms with Crippen LogP contribution in [0.25, 0.3) is 0 Å². The van der Waals surface area contributed by atoms with Crippen LogP contribution >= 0.6 is 0 Å². The van der Waals surface area contributed by atoms with E-state index in [0.29, 0.717) is 0 Å². The summed E-state index contributed by atoms with van der Waals surface area (Å²) in [4.78, 5) is 0. The molecule has 0 aromatic carbocycles. The molecule has 0 unspecified atom stereocenters. The van der Waals surface area contributed by atoms with Gasteiger partial charge in [-0.2, -0.15) is 0 Å². The SMILES string of the molecule is C.[Mn+4].[O-2].[O-2]. The summed E-state index contributed by atoms with van der Waals surface area (Å²) in [7, 11) is 0. The van der Waals surface area contributed by atoms with Crippen LogP contribution in [0.15, 0.2) is 0 Å². The van der Waals surface area contributed by atoms with Crippen molar-refractivity contribution >= 4 is 0 Å². The van der Waals surface area contributed by atoms with Gasteiger partial charge in [-0.05, 0) is 0 Å². The van der Waals surface area contributed by atoms with Crippen molar-refractivity contribution in [2.45, 2.75) is 7.43 Å². The van der Waals surface area contributed by atoms with E-state index in [1.54, 1.807) is 0 Å². The van der Waals surface area contributed by atoms with Crippen LogP contribution in [0.1, 0.15) is 7.43 Å². The van der Waals surface area contributed by atoms with Crippen LogP contribution < -0.4 is 0 Å². The van der Waals surface area contributed by atoms with Crippen LogP contribution in [0.3, 0.4) is 0 Å². The average Bonchev–Trinajstić information content (AvgIpc) is 0. The molecule has 0 amide bonds. The molecule has 1 radical (unpaired) electrons. The van der Waals surface area contributed by atoms with Crippen molar-refractivity contribution in [2.24, 2.45) is 0 Å². The van der Waals surface area contributed by atoms with Crippen LogP contribution in [0.2, 0.25) is 0 Å². The molecule has 0 aromatic heterocycles. The minimum atomic E-state index is 0. The molecule has 3 heteroatoms. The average molecular weight is 103 g/mol. The second-order valence-corrected chi connectivity index (χ2v) is 0. The van der Waals surface area contributed by atoms with Gasteiger partial charge in [0.15, 0.2) is 0 Å². The molecule has 0 saturated heterocycles. The molecule has 0 aliphatic heterocycles. The Hall–Kier alpha value is 0.439. The van der Waals surface area contributed by atoms with Gasteiger partial charge in [0.1, 0.15) is 0 Å². The second kappa shape index (κ2) is 106. The zero-order valence-corrected chi connectivity index (χ0v) is 2.37. The maximum absolute atomic E-state index is 0. The normalized spacial score (nSPS) is 0. The smallest absolute Gasteiger partial charge is 2.00 e. The fraction of sp³-hybridized carbons (Fsp3) is 1.00. The molecular formula is CH4MnO2. The summed E-state index contributed by atoms with van der Waals surface area (Å²) in [5.74, 6) is 0. The molecule has 27 valence electrons. The summed E-state index contributed by atoms with van der Waals surface area (Å²) >= 11 is 0. The molecule has 0 N–H and O–H groups in total. The van der Waals surface area contributed by atoms with Gasteiger partial charge in [0.05, 0.1) is 0 Å². The van der Waals surface area contributed by atoms with E-state index in [1.807, 2.05) is 0 Å². The zero-order valence-electron chi connectivity index (χ0n) is 1.19. The van der Waals surface area contributed by atoms with Crippen LogP contribution in [-0.2, 0) is 28.0 Å². The van der Waals surface area contributed by atoms with Gasteiger partial charge in [-0.15, -0.1) is 0 Å². The van der Waals surface area contributed by atoms with Gasteiger partial charge in [0.2, 0.25) is 0 Å². The molecule has 0 bridgehead atoms. The minimum absolute atomic E-state index is 0. The number of rotatable bonds is 0. The quantitative estimate of drug-likeness (QED) is 0.398. The topological polar surface area (TPSA) is 57.0 Å². The van der Waals surface area contributed by atoms with E-state index in [4.69, 9.17) is 0 Å². The van der Waals surface area contributed by atoms with Gasteiger partial charge in [0, 0.05) is 0 Å². The molecule has 2 nitrogen and oxygen atoms in total. The Morgan fingerprint density at radius 2 is 0.750 bits per heavy atom. The largest absolute Gasteiger partial charge is 4.00 e. The summed E-state index contributed by atoms with van der Waals surface area (Å²) < 4.78 is 0. The Bertz CT molecular complexity index is 6.00. The van der Waals surface area contributed by atoms with Crippen molar-refractivity contribution in [1.82, 2.24) is 0 Å². The Morgan fingerprint density at radius 1 is 0.750 bits per heavy atom. The first-order chi connectivity index (χ1) is 0. The standard InChI is InChI=1S/CH4.Mn.2O/h1H4;;;/q;+4;2*-2. The van der Waals surface area contributed by atoms with Crippen LogP contribution in [0, 0.1) is 0 Å². The molecular weight excluding hydrogens is 98.9 g/mol. The van der Waals surface area contributed by atoms with E-state index < -0.39 is 0 Å². The van der Waals surface area contributed by atoms with Crippen molar-refractivity contribution in [3.05, 3.63) is 0 Å². The van der Waals surface area contributed by atoms with Gasteiger partial charge < -0.3 is 11.0 Å². The fourth-order valence-electron chi connectivity index (χ4n) is 0. The van der Waals surface area contributed by atoms with Crippen LogP contribution in [0.4, 0.5) is 0 Å². The first-order valence-corrected chi connectivity index (χ1v) is 0. The van der Waals surface area contributed by atoms with Gasteiger partial charge in [0.25, 0.3) is 0 Å². The summed E-state index contributed by atoms with van der Waals surface area (Å²) in [6.45, 7) is 0. The van der Waals surface area contributed by atoms with Gasteiger partial charge in [-0.3, -0.25) is 0 Å². The van der Waals surface area contributed by atoms with Crippen molar-refractivity contribution in [3.63, 3.8) is 0 Å². The summed E-state index contributed by atoms with van der Waals surface area (Å²) in [5.41, 5.74) is 0. The molecule has 0 spiro atoms. The van der Waals surface area contributed by atoms with Crippen molar-refractivity contribution < 1.29 is 28.0 Å². The Labute approximate surface area is 36.3 Å². The number of hydrogen-bond acceptors (Lipinski definition) is 0. The summed E-state index contributed by atoms with van der Waals surface area (Å²) in [6.07, 6.45) is 0. The molecule has 0 rings (SSSR count). The van der Waals surface area contributed by atoms with Crippen molar-refractivity contribution in [3.8, 4) is 0 Å². The third-order valence-corrected chi connectivity index (χ3v) is 0. The van der Waals surface area contributed by atoms with Gasteiger partial charge in [-0.1, -0.05) is 7.43 Å². The summed E-state index contributed by atoms with van der Waals surface area (Å²) in [6, 6.07) is 0. The molecule has 0 saturated carbocycles. The van der Waals surface area contributed by atoms with Crippen molar-refractivity contribution in [2.75, 3.05) is 0 Å². The third-order valence-electron chi connectivity index (χ3n) is 0. The third kappa shape index (κ3) is 26.2. The predicted molar refractivity (Wildman–Crippen MR) is 8.10 cm³/mol. The van der Waals surface area contributed by atoms with Gasteiger partial charge >= 0.3 is 17.1 Å². The maximum atomic E-state index is 0. The van der Waals surface area contributed by atoms with Crippen LogP contribution in [-0.4, -0.2) is 0 Å². The fourth-order valence-corrected chi connectivity index (χ4v) is 0. The molecule has 0 aliphatic carbocycles. The second-order valence-electron chi connectivity index (χ2n) is 0. The first kappa shape index (κ1) is 272. The van der Waals surface area contributed by atoms with E-state index >= 15 is 0 Å². The molecule has 0 heterocycles. The Kier molecular flexibility index (Phi) is 7200. The van der Waals surface area contributed by atoms with E-state index in [0.717, 1.165) is 0 Å². The monoisotopic (exact) mass is 103 g/mol. The van der Waals surface area contributed by atoms with Crippen LogP contribution in [0.5, 0.6) is 0 Å². The van der Waals surface area contributed by atoms with E-state index in [2.05, 4.69) is 0 Å². The first-order valence-electron chi connectivity index (χ1n) is 0.